The van der Waals surface area contributed by atoms with Crippen molar-refractivity contribution in [2.75, 3.05) is 0 Å². The molecule has 0 saturated carbocycles. The van der Waals surface area contributed by atoms with E-state index in [4.69, 9.17) is 0 Å². The topological polar surface area (TPSA) is 245 Å². The first-order valence-corrected chi connectivity index (χ1v) is 25.1. The van der Waals surface area contributed by atoms with Crippen molar-refractivity contribution in [2.24, 2.45) is 0 Å². The van der Waals surface area contributed by atoms with Gasteiger partial charge in [0.15, 0.2) is 23.1 Å². The van der Waals surface area contributed by atoms with E-state index in [-0.39, 0.29) is 84.8 Å². The zero-order valence-electron chi connectivity index (χ0n) is 35.5. The molecule has 6 aromatic carbocycles. The minimum Gasteiger partial charge on any atom is -0.508 e. The number of carbonyl (C=O) groups is 6. The number of ketones is 6. The molecule has 17 heteroatoms. The molecule has 0 aromatic heterocycles. The SMILES string of the molecule is O=C(CCC(=O)c1ccc(S(=O)(=O)c2ccc(O)cc2)cc1)CCC(=O)c1cccc(S(=O)(=O)c2ccccc2)c1C(=O)CCC(=O)CCC(=O)c1ccc(S(=O)(=O)c2ccc(O)cc2)cc1. The lowest BCUT2D eigenvalue weighted by atomic mass is 9.93. The molecule has 0 saturated heterocycles. The first-order valence-electron chi connectivity index (χ1n) is 20.7. The minimum absolute atomic E-state index is 0.0599. The predicted octanol–water partition coefficient (Wildman–Crippen LogP) is 7.99. The van der Waals surface area contributed by atoms with Gasteiger partial charge in [0.2, 0.25) is 29.5 Å². The van der Waals surface area contributed by atoms with Gasteiger partial charge in [0.1, 0.15) is 23.1 Å². The van der Waals surface area contributed by atoms with Gasteiger partial charge in [-0.1, -0.05) is 54.6 Å². The molecule has 344 valence electrons. The van der Waals surface area contributed by atoms with Crippen LogP contribution in [0.5, 0.6) is 11.5 Å². The number of hydrogen-bond donors (Lipinski definition) is 2. The minimum atomic E-state index is -4.39. The number of hydrogen-bond acceptors (Lipinski definition) is 14. The van der Waals surface area contributed by atoms with Gasteiger partial charge < -0.3 is 10.2 Å². The fourth-order valence-corrected chi connectivity index (χ4v) is 11.0. The van der Waals surface area contributed by atoms with E-state index in [1.54, 1.807) is 6.07 Å². The maximum atomic E-state index is 13.9. The van der Waals surface area contributed by atoms with E-state index in [0.717, 1.165) is 0 Å². The monoisotopic (exact) mass is 962 g/mol. The summed E-state index contributed by atoms with van der Waals surface area (Å²) in [5.41, 5.74) is -0.464. The predicted molar refractivity (Wildman–Crippen MR) is 243 cm³/mol. The molecule has 0 aliphatic heterocycles. The van der Waals surface area contributed by atoms with Crippen molar-refractivity contribution in [1.82, 2.24) is 0 Å². The van der Waals surface area contributed by atoms with Crippen molar-refractivity contribution in [3.63, 3.8) is 0 Å². The van der Waals surface area contributed by atoms with E-state index in [0.29, 0.717) is 0 Å². The lowest BCUT2D eigenvalue weighted by Gasteiger charge is -2.14. The van der Waals surface area contributed by atoms with E-state index in [1.165, 1.54) is 140 Å². The Morgan fingerprint density at radius 3 is 1.07 bits per heavy atom. The summed E-state index contributed by atoms with van der Waals surface area (Å²) in [6.45, 7) is 0. The summed E-state index contributed by atoms with van der Waals surface area (Å²) < 4.78 is 79.6. The highest BCUT2D eigenvalue weighted by atomic mass is 32.2. The molecule has 0 spiro atoms. The van der Waals surface area contributed by atoms with E-state index in [1.807, 2.05) is 0 Å². The number of rotatable bonds is 22. The Morgan fingerprint density at radius 1 is 0.328 bits per heavy atom. The average Bonchev–Trinajstić information content (AvgIpc) is 3.33. The Hall–Kier alpha value is -7.21. The second kappa shape index (κ2) is 21.0. The molecule has 0 amide bonds. The Morgan fingerprint density at radius 2 is 0.672 bits per heavy atom. The molecular weight excluding hydrogens is 921 g/mol. The van der Waals surface area contributed by atoms with Crippen molar-refractivity contribution in [3.05, 3.63) is 168 Å². The Balaban J connectivity index is 1.08. The van der Waals surface area contributed by atoms with Crippen LogP contribution in [0.25, 0.3) is 0 Å². The third-order valence-corrected chi connectivity index (χ3v) is 16.1. The smallest absolute Gasteiger partial charge is 0.207 e. The average molecular weight is 963 g/mol. The molecule has 0 aliphatic rings. The van der Waals surface area contributed by atoms with Crippen molar-refractivity contribution >= 4 is 64.2 Å². The molecule has 0 aliphatic carbocycles. The van der Waals surface area contributed by atoms with Crippen LogP contribution in [0.15, 0.2) is 175 Å². The Kier molecular flexibility index (Phi) is 15.4. The van der Waals surface area contributed by atoms with Crippen LogP contribution in [0.3, 0.4) is 0 Å². The normalized spacial score (nSPS) is 11.7. The third-order valence-electron chi connectivity index (χ3n) is 10.7. The molecule has 0 bridgehead atoms. The van der Waals surface area contributed by atoms with E-state index >= 15 is 0 Å². The van der Waals surface area contributed by atoms with Gasteiger partial charge in [0.05, 0.1) is 29.4 Å². The zero-order chi connectivity index (χ0) is 48.5. The van der Waals surface area contributed by atoms with Gasteiger partial charge in [-0.2, -0.15) is 0 Å². The second-order valence-corrected chi connectivity index (χ2v) is 21.1. The summed E-state index contributed by atoms with van der Waals surface area (Å²) in [6, 6.07) is 31.0. The summed E-state index contributed by atoms with van der Waals surface area (Å²) in [5.74, 6) is -3.74. The molecular formula is C50H42O14S3. The molecule has 0 radical (unpaired) electrons. The highest BCUT2D eigenvalue weighted by Crippen LogP contribution is 2.30. The van der Waals surface area contributed by atoms with Gasteiger partial charge in [-0.3, -0.25) is 28.8 Å². The van der Waals surface area contributed by atoms with Crippen molar-refractivity contribution in [2.45, 2.75) is 80.7 Å². The zero-order valence-corrected chi connectivity index (χ0v) is 38.0. The van der Waals surface area contributed by atoms with Gasteiger partial charge >= 0.3 is 0 Å². The van der Waals surface area contributed by atoms with Crippen LogP contribution < -0.4 is 0 Å². The highest BCUT2D eigenvalue weighted by Gasteiger charge is 2.30. The first-order chi connectivity index (χ1) is 31.8. The van der Waals surface area contributed by atoms with Crippen LogP contribution in [0, 0.1) is 0 Å². The molecule has 0 atom stereocenters. The number of phenolic OH excluding ortho intramolecular Hbond substituents is 2. The van der Waals surface area contributed by atoms with Gasteiger partial charge in [0, 0.05) is 73.6 Å². The van der Waals surface area contributed by atoms with Gasteiger partial charge in [-0.05, 0) is 91.0 Å². The third kappa shape index (κ3) is 11.8. The molecule has 0 fully saturated rings. The van der Waals surface area contributed by atoms with Crippen molar-refractivity contribution in [1.29, 1.82) is 0 Å². The van der Waals surface area contributed by atoms with E-state index < -0.39 is 93.9 Å². The highest BCUT2D eigenvalue weighted by molar-refractivity contribution is 7.92. The first kappa shape index (κ1) is 49.2. The number of Topliss-reactive ketones (excluding diaryl/α,β-unsaturated/α-hetero) is 6. The molecule has 2 N–H and O–H groups in total. The molecule has 0 heterocycles. The summed E-state index contributed by atoms with van der Waals surface area (Å²) in [5, 5.41) is 19.0. The molecule has 6 rings (SSSR count). The number of carbonyl (C=O) groups excluding carboxylic acids is 6. The Bertz CT molecular complexity index is 3200. The lowest BCUT2D eigenvalue weighted by molar-refractivity contribution is -0.119. The maximum Gasteiger partial charge on any atom is 0.207 e. The number of sulfone groups is 3. The Labute approximate surface area is 386 Å². The standard InChI is InChI=1S/C50H42O14S3/c51-35-13-25-42(26-14-35)65(59,60)40-21-9-33(10-22-40)45(55)29-17-37(53)19-31-47(57)44-7-4-8-49(67(63,64)39-5-2-1-3-6-39)50(44)48(58)32-20-38(54)18-30-46(56)34-11-23-41(24-12-34)66(61,62)43-27-15-36(52)16-28-43/h1-16,21-28,51-52H,17-20,29-32H2. The van der Waals surface area contributed by atoms with Crippen LogP contribution in [0.1, 0.15) is 92.8 Å². The van der Waals surface area contributed by atoms with Crippen LogP contribution in [-0.2, 0) is 39.1 Å². The summed E-state index contributed by atoms with van der Waals surface area (Å²) in [6.07, 6.45) is -2.85. The quantitative estimate of drug-likeness (QED) is 0.0613. The molecule has 67 heavy (non-hydrogen) atoms. The van der Waals surface area contributed by atoms with Crippen molar-refractivity contribution in [3.8, 4) is 11.5 Å². The summed E-state index contributed by atoms with van der Waals surface area (Å²) in [7, 11) is -12.3. The fraction of sp³-hybridized carbons (Fsp3) is 0.160. The summed E-state index contributed by atoms with van der Waals surface area (Å²) >= 11 is 0. The van der Waals surface area contributed by atoms with Crippen molar-refractivity contribution < 1.29 is 64.2 Å². The number of aromatic hydroxyl groups is 2. The van der Waals surface area contributed by atoms with Crippen LogP contribution >= 0.6 is 0 Å². The molecule has 0 unspecified atom stereocenters. The summed E-state index contributed by atoms with van der Waals surface area (Å²) in [4.78, 5) is 78.6. The fourth-order valence-electron chi connectivity index (χ4n) is 6.97. The van der Waals surface area contributed by atoms with Crippen LogP contribution in [0.2, 0.25) is 0 Å². The lowest BCUT2D eigenvalue weighted by Crippen LogP contribution is -2.17. The maximum absolute atomic E-state index is 13.9. The number of phenols is 2. The van der Waals surface area contributed by atoms with Crippen LogP contribution in [-0.4, -0.2) is 70.2 Å². The largest absolute Gasteiger partial charge is 0.508 e. The van der Waals surface area contributed by atoms with Gasteiger partial charge in [-0.15, -0.1) is 0 Å². The van der Waals surface area contributed by atoms with E-state index in [9.17, 15) is 64.2 Å². The molecule has 6 aromatic rings. The number of benzene rings is 6. The van der Waals surface area contributed by atoms with E-state index in [2.05, 4.69) is 0 Å². The van der Waals surface area contributed by atoms with Gasteiger partial charge in [-0.25, -0.2) is 25.3 Å². The second-order valence-electron chi connectivity index (χ2n) is 15.3. The molecule has 14 nitrogen and oxygen atoms in total. The van der Waals surface area contributed by atoms with Gasteiger partial charge in [0.25, 0.3) is 0 Å². The van der Waals surface area contributed by atoms with Crippen LogP contribution in [0.4, 0.5) is 0 Å².